The van der Waals surface area contributed by atoms with Crippen molar-refractivity contribution in [3.05, 3.63) is 23.5 Å². The third-order valence-electron chi connectivity index (χ3n) is 2.63. The van der Waals surface area contributed by atoms with E-state index in [1.165, 1.54) is 11.3 Å². The average Bonchev–Trinajstić information content (AvgIpc) is 2.85. The summed E-state index contributed by atoms with van der Waals surface area (Å²) in [4.78, 5) is 15.5. The largest absolute Gasteiger partial charge is 0.481 e. The number of hydrogen-bond acceptors (Lipinski definition) is 4. The molecule has 0 fully saturated rings. The van der Waals surface area contributed by atoms with E-state index in [0.717, 1.165) is 10.6 Å². The molecule has 5 nitrogen and oxygen atoms in total. The lowest BCUT2D eigenvalue weighted by molar-refractivity contribution is -0.142. The van der Waals surface area contributed by atoms with Crippen molar-refractivity contribution in [1.29, 1.82) is 0 Å². The van der Waals surface area contributed by atoms with Crippen LogP contribution >= 0.6 is 11.3 Å². The van der Waals surface area contributed by atoms with Gasteiger partial charge in [-0.25, -0.2) is 4.98 Å². The first-order valence-electron chi connectivity index (χ1n) is 5.09. The van der Waals surface area contributed by atoms with Crippen LogP contribution in [0.3, 0.4) is 0 Å². The third kappa shape index (κ3) is 2.08. The van der Waals surface area contributed by atoms with Gasteiger partial charge in [-0.3, -0.25) is 9.48 Å². The van der Waals surface area contributed by atoms with Crippen molar-refractivity contribution in [3.63, 3.8) is 0 Å². The molecular weight excluding hydrogens is 238 g/mol. The lowest BCUT2D eigenvalue weighted by Crippen LogP contribution is -2.28. The second-order valence-corrected chi connectivity index (χ2v) is 5.23. The molecule has 2 aromatic rings. The molecule has 0 spiro atoms. The van der Waals surface area contributed by atoms with E-state index >= 15 is 0 Å². The van der Waals surface area contributed by atoms with Crippen LogP contribution in [0.5, 0.6) is 0 Å². The van der Waals surface area contributed by atoms with Gasteiger partial charge in [0.05, 0.1) is 11.9 Å². The quantitative estimate of drug-likeness (QED) is 0.904. The molecule has 90 valence electrons. The molecule has 1 N–H and O–H groups in total. The van der Waals surface area contributed by atoms with Gasteiger partial charge in [-0.15, -0.1) is 11.3 Å². The predicted octanol–water partition coefficient (Wildman–Crippen LogP) is 1.91. The topological polar surface area (TPSA) is 68.0 Å². The Kier molecular flexibility index (Phi) is 2.74. The highest BCUT2D eigenvalue weighted by Gasteiger charge is 2.32. The Balaban J connectivity index is 2.37. The number of aromatic nitrogens is 3. The van der Waals surface area contributed by atoms with Crippen LogP contribution < -0.4 is 0 Å². The van der Waals surface area contributed by atoms with Gasteiger partial charge in [0.2, 0.25) is 0 Å². The number of rotatable bonds is 3. The van der Waals surface area contributed by atoms with Crippen molar-refractivity contribution >= 4 is 17.3 Å². The number of carboxylic acids is 1. The Morgan fingerprint density at radius 3 is 2.76 bits per heavy atom. The van der Waals surface area contributed by atoms with Crippen molar-refractivity contribution in [2.75, 3.05) is 0 Å². The SMILES string of the molecule is Cn1cc(-c2nc(C(C)(C)C(=O)O)cs2)cn1. The Morgan fingerprint density at radius 2 is 2.24 bits per heavy atom. The van der Waals surface area contributed by atoms with Crippen LogP contribution in [0.1, 0.15) is 19.5 Å². The highest BCUT2D eigenvalue weighted by atomic mass is 32.1. The second kappa shape index (κ2) is 3.96. The highest BCUT2D eigenvalue weighted by Crippen LogP contribution is 2.29. The van der Waals surface area contributed by atoms with E-state index in [-0.39, 0.29) is 0 Å². The fourth-order valence-electron chi connectivity index (χ4n) is 1.33. The first-order valence-corrected chi connectivity index (χ1v) is 5.97. The molecule has 0 unspecified atom stereocenters. The minimum atomic E-state index is -0.961. The van der Waals surface area contributed by atoms with Gasteiger partial charge < -0.3 is 5.11 Å². The average molecular weight is 251 g/mol. The molecule has 17 heavy (non-hydrogen) atoms. The number of nitrogens with zero attached hydrogens (tertiary/aromatic N) is 3. The van der Waals surface area contributed by atoms with Crippen LogP contribution in [-0.4, -0.2) is 25.8 Å². The lowest BCUT2D eigenvalue weighted by atomic mass is 9.90. The summed E-state index contributed by atoms with van der Waals surface area (Å²) in [6.45, 7) is 3.30. The Bertz CT molecular complexity index is 557. The Labute approximate surface area is 103 Å². The van der Waals surface area contributed by atoms with Gasteiger partial charge in [-0.2, -0.15) is 5.10 Å². The number of carboxylic acid groups (broad SMARTS) is 1. The molecular formula is C11H13N3O2S. The van der Waals surface area contributed by atoms with Crippen LogP contribution in [0.15, 0.2) is 17.8 Å². The number of carbonyl (C=O) groups is 1. The molecule has 0 amide bonds. The lowest BCUT2D eigenvalue weighted by Gasteiger charge is -2.15. The molecule has 0 aliphatic carbocycles. The molecule has 2 aromatic heterocycles. The first-order chi connectivity index (χ1) is 7.91. The summed E-state index contributed by atoms with van der Waals surface area (Å²) >= 11 is 1.43. The zero-order valence-electron chi connectivity index (χ0n) is 9.84. The van der Waals surface area contributed by atoms with E-state index in [2.05, 4.69) is 10.1 Å². The van der Waals surface area contributed by atoms with E-state index in [1.54, 1.807) is 30.1 Å². The van der Waals surface area contributed by atoms with Gasteiger partial charge >= 0.3 is 5.97 Å². The van der Waals surface area contributed by atoms with Gasteiger partial charge in [-0.05, 0) is 13.8 Å². The van der Waals surface area contributed by atoms with Crippen LogP contribution in [0, 0.1) is 0 Å². The molecule has 0 aliphatic heterocycles. The zero-order valence-corrected chi connectivity index (χ0v) is 10.7. The van der Waals surface area contributed by atoms with E-state index in [0.29, 0.717) is 5.69 Å². The van der Waals surface area contributed by atoms with Gasteiger partial charge in [0.1, 0.15) is 10.4 Å². The van der Waals surface area contributed by atoms with Crippen LogP contribution in [0.4, 0.5) is 0 Å². The standard InChI is InChI=1S/C11H13N3O2S/c1-11(2,10(15)16)8-6-17-9(13-8)7-4-12-14(3)5-7/h4-6H,1-3H3,(H,15,16). The van der Waals surface area contributed by atoms with Gasteiger partial charge in [0, 0.05) is 24.2 Å². The molecule has 0 bridgehead atoms. The van der Waals surface area contributed by atoms with Gasteiger partial charge in [-0.1, -0.05) is 0 Å². The van der Waals surface area contributed by atoms with E-state index < -0.39 is 11.4 Å². The zero-order chi connectivity index (χ0) is 12.6. The minimum absolute atomic E-state index is 0.578. The fourth-order valence-corrected chi connectivity index (χ4v) is 2.30. The smallest absolute Gasteiger partial charge is 0.315 e. The maximum absolute atomic E-state index is 11.1. The molecule has 0 aromatic carbocycles. The second-order valence-electron chi connectivity index (χ2n) is 4.37. The van der Waals surface area contributed by atoms with Crippen molar-refractivity contribution in [3.8, 4) is 10.6 Å². The number of aryl methyl sites for hydroxylation is 1. The maximum Gasteiger partial charge on any atom is 0.315 e. The summed E-state index contributed by atoms with van der Waals surface area (Å²) in [5, 5.41) is 15.8. The third-order valence-corrected chi connectivity index (χ3v) is 3.52. The van der Waals surface area contributed by atoms with Crippen molar-refractivity contribution in [1.82, 2.24) is 14.8 Å². The number of aliphatic carboxylic acids is 1. The predicted molar refractivity (Wildman–Crippen MR) is 65.0 cm³/mol. The number of thiazole rings is 1. The molecule has 0 atom stereocenters. The summed E-state index contributed by atoms with van der Waals surface area (Å²) < 4.78 is 1.69. The van der Waals surface area contributed by atoms with Crippen LogP contribution in [0.25, 0.3) is 10.6 Å². The molecule has 0 radical (unpaired) electrons. The van der Waals surface area contributed by atoms with Crippen LogP contribution in [-0.2, 0) is 17.3 Å². The van der Waals surface area contributed by atoms with E-state index in [9.17, 15) is 4.79 Å². The molecule has 0 saturated carbocycles. The summed E-state index contributed by atoms with van der Waals surface area (Å²) in [5.74, 6) is -0.875. The van der Waals surface area contributed by atoms with Crippen molar-refractivity contribution in [2.24, 2.45) is 7.05 Å². The Hall–Kier alpha value is -1.69. The van der Waals surface area contributed by atoms with E-state index in [4.69, 9.17) is 5.11 Å². The first kappa shape index (κ1) is 11.8. The molecule has 0 saturated heterocycles. The molecule has 0 aliphatic rings. The molecule has 2 rings (SSSR count). The maximum atomic E-state index is 11.1. The Morgan fingerprint density at radius 1 is 1.53 bits per heavy atom. The number of hydrogen-bond donors (Lipinski definition) is 1. The highest BCUT2D eigenvalue weighted by molar-refractivity contribution is 7.13. The van der Waals surface area contributed by atoms with Gasteiger partial charge in [0.25, 0.3) is 0 Å². The van der Waals surface area contributed by atoms with Crippen LogP contribution in [0.2, 0.25) is 0 Å². The van der Waals surface area contributed by atoms with Crippen molar-refractivity contribution < 1.29 is 9.90 Å². The summed E-state index contributed by atoms with van der Waals surface area (Å²) in [6, 6.07) is 0. The van der Waals surface area contributed by atoms with Gasteiger partial charge in [0.15, 0.2) is 0 Å². The molecule has 2 heterocycles. The fraction of sp³-hybridized carbons (Fsp3) is 0.364. The van der Waals surface area contributed by atoms with E-state index in [1.807, 2.05) is 13.2 Å². The summed E-state index contributed by atoms with van der Waals surface area (Å²) in [5.41, 5.74) is 0.524. The minimum Gasteiger partial charge on any atom is -0.481 e. The van der Waals surface area contributed by atoms with Crippen molar-refractivity contribution in [2.45, 2.75) is 19.3 Å². The summed E-state index contributed by atoms with van der Waals surface area (Å²) in [6.07, 6.45) is 3.58. The normalized spacial score (nSPS) is 11.7. The monoisotopic (exact) mass is 251 g/mol. The summed E-state index contributed by atoms with van der Waals surface area (Å²) in [7, 11) is 1.83. The molecule has 6 heteroatoms.